The molecular weight excluding hydrogens is 420 g/mol. The summed E-state index contributed by atoms with van der Waals surface area (Å²) in [6, 6.07) is 17.1. The predicted octanol–water partition coefficient (Wildman–Crippen LogP) is 5.76. The predicted molar refractivity (Wildman–Crippen MR) is 126 cm³/mol. The van der Waals surface area contributed by atoms with E-state index in [1.807, 2.05) is 55.5 Å². The van der Waals surface area contributed by atoms with Crippen molar-refractivity contribution in [3.8, 4) is 22.8 Å². The Bertz CT molecular complexity index is 1240. The Hall–Kier alpha value is -4.00. The number of benzene rings is 2. The average molecular weight is 447 g/mol. The highest BCUT2D eigenvalue weighted by Gasteiger charge is 2.19. The van der Waals surface area contributed by atoms with Gasteiger partial charge in [0.2, 0.25) is 0 Å². The summed E-state index contributed by atoms with van der Waals surface area (Å²) in [7, 11) is 1.64. The van der Waals surface area contributed by atoms with Crippen LogP contribution in [0.4, 0.5) is 4.79 Å². The van der Waals surface area contributed by atoms with E-state index in [0.29, 0.717) is 31.9 Å². The van der Waals surface area contributed by atoms with Crippen LogP contribution in [0.1, 0.15) is 17.5 Å². The molecule has 0 fully saturated rings. The molecule has 2 aromatic carbocycles. The number of fused-ring (bicyclic) bond motifs is 1. The van der Waals surface area contributed by atoms with Gasteiger partial charge >= 0.3 is 6.09 Å². The van der Waals surface area contributed by atoms with Gasteiger partial charge in [-0.15, -0.1) is 0 Å². The average Bonchev–Trinajstić information content (AvgIpc) is 3.18. The van der Waals surface area contributed by atoms with E-state index in [0.717, 1.165) is 39.2 Å². The molecule has 0 atom stereocenters. The molecule has 0 spiro atoms. The van der Waals surface area contributed by atoms with Crippen LogP contribution in [0.5, 0.6) is 11.5 Å². The molecule has 2 aromatic heterocycles. The molecule has 0 aliphatic rings. The van der Waals surface area contributed by atoms with Crippen LogP contribution in [-0.2, 0) is 6.54 Å². The Morgan fingerprint density at radius 2 is 1.91 bits per heavy atom. The van der Waals surface area contributed by atoms with Gasteiger partial charge in [-0.3, -0.25) is 4.98 Å². The first-order valence-corrected chi connectivity index (χ1v) is 10.7. The first-order chi connectivity index (χ1) is 16.1. The van der Waals surface area contributed by atoms with Crippen molar-refractivity contribution in [3.63, 3.8) is 0 Å². The van der Waals surface area contributed by atoms with Crippen LogP contribution in [0.25, 0.3) is 22.3 Å². The Labute approximate surface area is 192 Å². The second kappa shape index (κ2) is 10.1. The molecule has 0 bridgehead atoms. The molecule has 0 saturated heterocycles. The third-order valence-electron chi connectivity index (χ3n) is 5.46. The number of carbonyl (C=O) groups is 1. The fraction of sp³-hybridized carbons (Fsp3) is 0.231. The van der Waals surface area contributed by atoms with Gasteiger partial charge in [-0.1, -0.05) is 24.3 Å². The number of aryl methyl sites for hydroxylation is 1. The van der Waals surface area contributed by atoms with E-state index in [2.05, 4.69) is 4.98 Å². The second-order valence-electron chi connectivity index (χ2n) is 7.65. The van der Waals surface area contributed by atoms with Crippen molar-refractivity contribution in [2.24, 2.45) is 0 Å². The molecule has 1 N–H and O–H groups in total. The molecule has 2 heterocycles. The molecule has 170 valence electrons. The largest absolute Gasteiger partial charge is 0.496 e. The van der Waals surface area contributed by atoms with Gasteiger partial charge < -0.3 is 23.9 Å². The Balaban J connectivity index is 1.47. The lowest BCUT2D eigenvalue weighted by molar-refractivity contribution is 0.138. The standard InChI is InChI=1S/C26H26N2O5/c1-18-24-22(32-15-7-14-28(26(29)30)17-19-8-6-13-27-16-19)11-5-12-23(24)33-25(18)20-9-3-4-10-21(20)31-2/h3-6,8-13,16H,7,14-15,17H2,1-2H3,(H,29,30). The van der Waals surface area contributed by atoms with Gasteiger partial charge in [-0.05, 0) is 49.2 Å². The molecule has 4 rings (SSSR count). The van der Waals surface area contributed by atoms with Gasteiger partial charge in [-0.25, -0.2) is 4.79 Å². The van der Waals surface area contributed by atoms with E-state index < -0.39 is 6.09 Å². The van der Waals surface area contributed by atoms with E-state index in [1.165, 1.54) is 4.90 Å². The molecule has 0 radical (unpaired) electrons. The van der Waals surface area contributed by atoms with Crippen molar-refractivity contribution < 1.29 is 23.8 Å². The number of carboxylic acid groups (broad SMARTS) is 1. The minimum Gasteiger partial charge on any atom is -0.496 e. The summed E-state index contributed by atoms with van der Waals surface area (Å²) >= 11 is 0. The first-order valence-electron chi connectivity index (χ1n) is 10.7. The highest BCUT2D eigenvalue weighted by molar-refractivity contribution is 5.93. The van der Waals surface area contributed by atoms with Crippen molar-refractivity contribution >= 4 is 17.1 Å². The van der Waals surface area contributed by atoms with Gasteiger partial charge in [0.1, 0.15) is 22.8 Å². The van der Waals surface area contributed by atoms with Crippen molar-refractivity contribution in [2.75, 3.05) is 20.3 Å². The monoisotopic (exact) mass is 446 g/mol. The minimum atomic E-state index is -0.965. The molecule has 4 aromatic rings. The molecule has 0 unspecified atom stereocenters. The number of hydrogen-bond acceptors (Lipinski definition) is 5. The molecule has 7 nitrogen and oxygen atoms in total. The Kier molecular flexibility index (Phi) is 6.78. The lowest BCUT2D eigenvalue weighted by atomic mass is 10.1. The molecule has 7 heteroatoms. The zero-order valence-corrected chi connectivity index (χ0v) is 18.7. The van der Waals surface area contributed by atoms with Crippen LogP contribution in [0.2, 0.25) is 0 Å². The van der Waals surface area contributed by atoms with Crippen molar-refractivity contribution in [1.82, 2.24) is 9.88 Å². The van der Waals surface area contributed by atoms with Gasteiger partial charge in [-0.2, -0.15) is 0 Å². The maximum Gasteiger partial charge on any atom is 0.407 e. The highest BCUT2D eigenvalue weighted by Crippen LogP contribution is 2.40. The molecule has 0 saturated carbocycles. The minimum absolute atomic E-state index is 0.294. The number of ether oxygens (including phenoxy) is 2. The van der Waals surface area contributed by atoms with Crippen LogP contribution in [0.3, 0.4) is 0 Å². The summed E-state index contributed by atoms with van der Waals surface area (Å²) in [5.74, 6) is 2.19. The second-order valence-corrected chi connectivity index (χ2v) is 7.65. The Morgan fingerprint density at radius 3 is 2.67 bits per heavy atom. The molecular formula is C26H26N2O5. The number of nitrogens with zero attached hydrogens (tertiary/aromatic N) is 2. The summed E-state index contributed by atoms with van der Waals surface area (Å²) in [6.07, 6.45) is 2.93. The normalized spacial score (nSPS) is 10.8. The molecule has 0 aliphatic heterocycles. The van der Waals surface area contributed by atoms with E-state index in [1.54, 1.807) is 25.6 Å². The van der Waals surface area contributed by atoms with Gasteiger partial charge in [0, 0.05) is 24.5 Å². The van der Waals surface area contributed by atoms with Crippen molar-refractivity contribution in [2.45, 2.75) is 19.9 Å². The maximum absolute atomic E-state index is 11.6. The fourth-order valence-corrected chi connectivity index (χ4v) is 3.87. The number of furan rings is 1. The number of hydrogen-bond donors (Lipinski definition) is 1. The SMILES string of the molecule is COc1ccccc1-c1oc2cccc(OCCCN(Cc3cccnc3)C(=O)O)c2c1C. The Morgan fingerprint density at radius 1 is 1.09 bits per heavy atom. The van der Waals surface area contributed by atoms with E-state index in [-0.39, 0.29) is 0 Å². The summed E-state index contributed by atoms with van der Waals surface area (Å²) < 4.78 is 17.7. The van der Waals surface area contributed by atoms with E-state index >= 15 is 0 Å². The number of methoxy groups -OCH3 is 1. The summed E-state index contributed by atoms with van der Waals surface area (Å²) in [5.41, 5.74) is 3.43. The number of pyridine rings is 1. The zero-order valence-electron chi connectivity index (χ0n) is 18.7. The van der Waals surface area contributed by atoms with Gasteiger partial charge in [0.25, 0.3) is 0 Å². The first kappa shape index (κ1) is 22.2. The summed E-state index contributed by atoms with van der Waals surface area (Å²) in [5, 5.41) is 10.4. The molecule has 33 heavy (non-hydrogen) atoms. The van der Waals surface area contributed by atoms with Crippen LogP contribution in [0, 0.1) is 6.92 Å². The van der Waals surface area contributed by atoms with Crippen LogP contribution in [0.15, 0.2) is 71.4 Å². The van der Waals surface area contributed by atoms with E-state index in [9.17, 15) is 9.90 Å². The quantitative estimate of drug-likeness (QED) is 0.329. The maximum atomic E-state index is 11.6. The van der Waals surface area contributed by atoms with Gasteiger partial charge in [0.05, 0.1) is 31.2 Å². The lowest BCUT2D eigenvalue weighted by Gasteiger charge is -2.19. The van der Waals surface area contributed by atoms with Crippen LogP contribution >= 0.6 is 0 Å². The zero-order chi connectivity index (χ0) is 23.2. The number of rotatable bonds is 9. The molecule has 1 amide bonds. The lowest BCUT2D eigenvalue weighted by Crippen LogP contribution is -2.30. The topological polar surface area (TPSA) is 85.0 Å². The fourth-order valence-electron chi connectivity index (χ4n) is 3.87. The van der Waals surface area contributed by atoms with Crippen LogP contribution in [-0.4, -0.2) is 41.3 Å². The smallest absolute Gasteiger partial charge is 0.407 e. The highest BCUT2D eigenvalue weighted by atomic mass is 16.5. The van der Waals surface area contributed by atoms with Crippen LogP contribution < -0.4 is 9.47 Å². The summed E-state index contributed by atoms with van der Waals surface area (Å²) in [6.45, 7) is 3.03. The van der Waals surface area contributed by atoms with E-state index in [4.69, 9.17) is 13.9 Å². The third-order valence-corrected chi connectivity index (χ3v) is 5.46. The van der Waals surface area contributed by atoms with Crippen molar-refractivity contribution in [1.29, 1.82) is 0 Å². The number of aromatic nitrogens is 1. The molecule has 0 aliphatic carbocycles. The third kappa shape index (κ3) is 4.92. The number of amides is 1. The van der Waals surface area contributed by atoms with Crippen molar-refractivity contribution in [3.05, 3.63) is 78.1 Å². The number of para-hydroxylation sites is 1. The summed E-state index contributed by atoms with van der Waals surface area (Å²) in [4.78, 5) is 17.0. The van der Waals surface area contributed by atoms with Gasteiger partial charge in [0.15, 0.2) is 0 Å².